The van der Waals surface area contributed by atoms with Gasteiger partial charge in [-0.25, -0.2) is 15.0 Å². The van der Waals surface area contributed by atoms with Crippen LogP contribution in [0.4, 0.5) is 13.2 Å². The quantitative estimate of drug-likeness (QED) is 0.385. The summed E-state index contributed by atoms with van der Waals surface area (Å²) in [4.78, 5) is 12.1. The van der Waals surface area contributed by atoms with Gasteiger partial charge in [0.1, 0.15) is 18.1 Å². The van der Waals surface area contributed by atoms with Crippen LogP contribution in [0.3, 0.4) is 0 Å². The number of halogens is 3. The minimum absolute atomic E-state index is 0.129. The third kappa shape index (κ3) is 5.16. The highest BCUT2D eigenvalue weighted by molar-refractivity contribution is 5.65. The molecule has 5 nitrogen and oxygen atoms in total. The van der Waals surface area contributed by atoms with Crippen molar-refractivity contribution in [2.24, 2.45) is 0 Å². The number of hydrogen-bond donors (Lipinski definition) is 0. The first-order chi connectivity index (χ1) is 15.0. The van der Waals surface area contributed by atoms with Gasteiger partial charge in [0.25, 0.3) is 0 Å². The van der Waals surface area contributed by atoms with Crippen LogP contribution in [0, 0.1) is 0 Å². The molecule has 156 valence electrons. The second-order valence-electron chi connectivity index (χ2n) is 6.47. The summed E-state index contributed by atoms with van der Waals surface area (Å²) in [6, 6.07) is 20.5. The highest BCUT2D eigenvalue weighted by atomic mass is 19.4. The van der Waals surface area contributed by atoms with Crippen molar-refractivity contribution in [2.75, 3.05) is 0 Å². The molecule has 0 saturated heterocycles. The van der Waals surface area contributed by atoms with E-state index in [4.69, 9.17) is 9.47 Å². The van der Waals surface area contributed by atoms with Crippen LogP contribution < -0.4 is 9.47 Å². The van der Waals surface area contributed by atoms with E-state index in [1.165, 1.54) is 12.3 Å². The summed E-state index contributed by atoms with van der Waals surface area (Å²) in [5, 5.41) is 0. The van der Waals surface area contributed by atoms with Crippen molar-refractivity contribution in [3.05, 3.63) is 96.4 Å². The molecule has 0 amide bonds. The third-order valence-electron chi connectivity index (χ3n) is 4.24. The van der Waals surface area contributed by atoms with E-state index >= 15 is 0 Å². The number of hydrogen-bond acceptors (Lipinski definition) is 5. The fourth-order valence-corrected chi connectivity index (χ4v) is 2.76. The Labute approximate surface area is 176 Å². The number of ether oxygens (including phenoxy) is 2. The summed E-state index contributed by atoms with van der Waals surface area (Å²) < 4.78 is 49.6. The van der Waals surface area contributed by atoms with E-state index in [1.54, 1.807) is 30.3 Å². The van der Waals surface area contributed by atoms with E-state index in [2.05, 4.69) is 15.0 Å². The zero-order chi connectivity index (χ0) is 21.7. The van der Waals surface area contributed by atoms with Gasteiger partial charge in [-0.3, -0.25) is 0 Å². The molecule has 0 bridgehead atoms. The number of nitrogens with zero attached hydrogens (tertiary/aromatic N) is 3. The largest absolute Gasteiger partial charge is 0.473 e. The number of benzene rings is 1. The molecular formula is C23H16F3N3O2. The van der Waals surface area contributed by atoms with Gasteiger partial charge in [-0.15, -0.1) is 0 Å². The van der Waals surface area contributed by atoms with Gasteiger partial charge in [0.15, 0.2) is 0 Å². The monoisotopic (exact) mass is 423 g/mol. The lowest BCUT2D eigenvalue weighted by Crippen LogP contribution is -2.07. The molecular weight excluding hydrogens is 407 g/mol. The predicted molar refractivity (Wildman–Crippen MR) is 108 cm³/mol. The normalized spacial score (nSPS) is 11.2. The average molecular weight is 423 g/mol. The van der Waals surface area contributed by atoms with Gasteiger partial charge in [-0.2, -0.15) is 13.2 Å². The Morgan fingerprint density at radius 1 is 0.806 bits per heavy atom. The van der Waals surface area contributed by atoms with Crippen LogP contribution in [0.5, 0.6) is 17.5 Å². The van der Waals surface area contributed by atoms with Crippen molar-refractivity contribution in [3.8, 4) is 28.8 Å². The molecule has 0 saturated carbocycles. The lowest BCUT2D eigenvalue weighted by Gasteiger charge is -2.11. The minimum Gasteiger partial charge on any atom is -0.473 e. The van der Waals surface area contributed by atoms with Crippen LogP contribution in [-0.4, -0.2) is 15.0 Å². The van der Waals surface area contributed by atoms with Crippen LogP contribution >= 0.6 is 0 Å². The molecule has 0 radical (unpaired) electrons. The molecule has 4 aromatic rings. The van der Waals surface area contributed by atoms with Gasteiger partial charge < -0.3 is 9.47 Å². The number of rotatable bonds is 6. The first-order valence-corrected chi connectivity index (χ1v) is 9.29. The van der Waals surface area contributed by atoms with E-state index in [0.717, 1.165) is 17.8 Å². The fourth-order valence-electron chi connectivity index (χ4n) is 2.76. The van der Waals surface area contributed by atoms with E-state index in [9.17, 15) is 13.2 Å². The van der Waals surface area contributed by atoms with Gasteiger partial charge >= 0.3 is 6.18 Å². The molecule has 0 aliphatic rings. The maximum absolute atomic E-state index is 12.7. The molecule has 0 unspecified atom stereocenters. The maximum Gasteiger partial charge on any atom is 0.433 e. The van der Waals surface area contributed by atoms with Gasteiger partial charge in [-0.1, -0.05) is 36.4 Å². The van der Waals surface area contributed by atoms with E-state index in [-0.39, 0.29) is 11.6 Å². The standard InChI is InChI=1S/C23H16F3N3O2/c24-23(25,26)20-12-11-17(14-28-20)31-22-18(8-5-13-27-22)19-9-4-10-21(29-19)30-15-16-6-2-1-3-7-16/h1-14H,15H2. The van der Waals surface area contributed by atoms with Crippen LogP contribution in [0.2, 0.25) is 0 Å². The summed E-state index contributed by atoms with van der Waals surface area (Å²) >= 11 is 0. The van der Waals surface area contributed by atoms with Crippen molar-refractivity contribution < 1.29 is 22.6 Å². The first kappa shape index (κ1) is 20.3. The number of aromatic nitrogens is 3. The van der Waals surface area contributed by atoms with Gasteiger partial charge in [0.2, 0.25) is 11.8 Å². The van der Waals surface area contributed by atoms with E-state index in [0.29, 0.717) is 23.7 Å². The van der Waals surface area contributed by atoms with Crippen LogP contribution in [0.15, 0.2) is 85.2 Å². The molecule has 4 rings (SSSR count). The second-order valence-corrected chi connectivity index (χ2v) is 6.47. The van der Waals surface area contributed by atoms with E-state index in [1.807, 2.05) is 30.3 Å². The second kappa shape index (κ2) is 8.83. The maximum atomic E-state index is 12.7. The lowest BCUT2D eigenvalue weighted by atomic mass is 10.2. The summed E-state index contributed by atoms with van der Waals surface area (Å²) in [5.41, 5.74) is 1.13. The SMILES string of the molecule is FC(F)(F)c1ccc(Oc2ncccc2-c2cccc(OCc3ccccc3)n2)cn1. The minimum atomic E-state index is -4.52. The van der Waals surface area contributed by atoms with Gasteiger partial charge in [0, 0.05) is 12.3 Å². The topological polar surface area (TPSA) is 57.1 Å². The summed E-state index contributed by atoms with van der Waals surface area (Å²) in [6.45, 7) is 0.366. The molecule has 3 aromatic heterocycles. The smallest absolute Gasteiger partial charge is 0.433 e. The summed E-state index contributed by atoms with van der Waals surface area (Å²) in [6.07, 6.45) is -1.99. The van der Waals surface area contributed by atoms with Crippen LogP contribution in [0.1, 0.15) is 11.3 Å². The van der Waals surface area contributed by atoms with Crippen LogP contribution in [-0.2, 0) is 12.8 Å². The molecule has 31 heavy (non-hydrogen) atoms. The Morgan fingerprint density at radius 2 is 1.65 bits per heavy atom. The fraction of sp³-hybridized carbons (Fsp3) is 0.0870. The van der Waals surface area contributed by atoms with Crippen molar-refractivity contribution in [1.82, 2.24) is 15.0 Å². The molecule has 3 heterocycles. The predicted octanol–water partition coefficient (Wildman–Crippen LogP) is 5.93. The number of alkyl halides is 3. The highest BCUT2D eigenvalue weighted by Crippen LogP contribution is 2.32. The molecule has 1 aromatic carbocycles. The Balaban J connectivity index is 1.54. The van der Waals surface area contributed by atoms with Crippen molar-refractivity contribution in [3.63, 3.8) is 0 Å². The summed E-state index contributed by atoms with van der Waals surface area (Å²) in [7, 11) is 0. The first-order valence-electron chi connectivity index (χ1n) is 9.29. The Morgan fingerprint density at radius 3 is 2.39 bits per heavy atom. The van der Waals surface area contributed by atoms with Crippen molar-refractivity contribution in [1.29, 1.82) is 0 Å². The molecule has 0 aliphatic carbocycles. The zero-order valence-electron chi connectivity index (χ0n) is 16.1. The number of pyridine rings is 3. The third-order valence-corrected chi connectivity index (χ3v) is 4.24. The van der Waals surface area contributed by atoms with Crippen molar-refractivity contribution >= 4 is 0 Å². The lowest BCUT2D eigenvalue weighted by molar-refractivity contribution is -0.141. The van der Waals surface area contributed by atoms with Gasteiger partial charge in [0.05, 0.1) is 17.5 Å². The molecule has 0 N–H and O–H groups in total. The van der Waals surface area contributed by atoms with Crippen molar-refractivity contribution in [2.45, 2.75) is 12.8 Å². The van der Waals surface area contributed by atoms with Crippen LogP contribution in [0.25, 0.3) is 11.3 Å². The van der Waals surface area contributed by atoms with E-state index < -0.39 is 11.9 Å². The molecule has 8 heteroatoms. The molecule has 0 atom stereocenters. The Bertz CT molecular complexity index is 1150. The summed E-state index contributed by atoms with van der Waals surface area (Å²) in [5.74, 6) is 0.744. The average Bonchev–Trinajstić information content (AvgIpc) is 2.79. The Kier molecular flexibility index (Phi) is 5.79. The molecule has 0 spiro atoms. The Hall–Kier alpha value is -3.94. The molecule has 0 aliphatic heterocycles. The highest BCUT2D eigenvalue weighted by Gasteiger charge is 2.32. The molecule has 0 fully saturated rings. The zero-order valence-corrected chi connectivity index (χ0v) is 16.1. The van der Waals surface area contributed by atoms with Gasteiger partial charge in [-0.05, 0) is 35.9 Å².